The SMILES string of the molecule is CC(C(=O)N1CCCCC1)N1CCC(NS(=O)(=O)c2ccccc2)CC1. The molecule has 7 heteroatoms. The third-order valence-corrected chi connectivity index (χ3v) is 7.01. The fraction of sp³-hybridized carbons (Fsp3) is 0.632. The topological polar surface area (TPSA) is 69.7 Å². The van der Waals surface area contributed by atoms with Crippen LogP contribution in [0.2, 0.25) is 0 Å². The van der Waals surface area contributed by atoms with E-state index in [-0.39, 0.29) is 18.0 Å². The summed E-state index contributed by atoms with van der Waals surface area (Å²) < 4.78 is 27.7. The summed E-state index contributed by atoms with van der Waals surface area (Å²) in [7, 11) is -3.47. The van der Waals surface area contributed by atoms with E-state index in [0.717, 1.165) is 51.9 Å². The minimum Gasteiger partial charge on any atom is -0.341 e. The summed E-state index contributed by atoms with van der Waals surface area (Å²) in [4.78, 5) is 17.1. The number of carbonyl (C=O) groups excluding carboxylic acids is 1. The van der Waals surface area contributed by atoms with Gasteiger partial charge in [0, 0.05) is 32.2 Å². The van der Waals surface area contributed by atoms with Crippen LogP contribution in [-0.2, 0) is 14.8 Å². The van der Waals surface area contributed by atoms with Crippen LogP contribution >= 0.6 is 0 Å². The number of amides is 1. The minimum absolute atomic E-state index is 0.0752. The van der Waals surface area contributed by atoms with Crippen molar-refractivity contribution < 1.29 is 13.2 Å². The van der Waals surface area contributed by atoms with E-state index in [9.17, 15) is 13.2 Å². The number of sulfonamides is 1. The number of hydrogen-bond acceptors (Lipinski definition) is 4. The maximum absolute atomic E-state index is 12.7. The Balaban J connectivity index is 1.51. The molecule has 0 spiro atoms. The molecular weight excluding hydrogens is 350 g/mol. The molecule has 26 heavy (non-hydrogen) atoms. The molecule has 144 valence electrons. The van der Waals surface area contributed by atoms with E-state index in [2.05, 4.69) is 9.62 Å². The Morgan fingerprint density at radius 3 is 2.27 bits per heavy atom. The van der Waals surface area contributed by atoms with Crippen LogP contribution in [-0.4, -0.2) is 62.4 Å². The molecule has 1 unspecified atom stereocenters. The second-order valence-electron chi connectivity index (χ2n) is 7.31. The quantitative estimate of drug-likeness (QED) is 0.847. The molecule has 6 nitrogen and oxygen atoms in total. The van der Waals surface area contributed by atoms with Crippen LogP contribution in [0.3, 0.4) is 0 Å². The number of likely N-dealkylation sites (tertiary alicyclic amines) is 2. The van der Waals surface area contributed by atoms with E-state index in [1.54, 1.807) is 30.3 Å². The molecule has 3 rings (SSSR count). The van der Waals surface area contributed by atoms with E-state index in [1.807, 2.05) is 11.8 Å². The summed E-state index contributed by atoms with van der Waals surface area (Å²) in [6.07, 6.45) is 4.86. The summed E-state index contributed by atoms with van der Waals surface area (Å²) in [5.74, 6) is 0.216. The van der Waals surface area contributed by atoms with Crippen LogP contribution in [0.25, 0.3) is 0 Å². The normalized spacial score (nSPS) is 21.5. The van der Waals surface area contributed by atoms with Gasteiger partial charge in [0.15, 0.2) is 0 Å². The van der Waals surface area contributed by atoms with Crippen LogP contribution in [0.4, 0.5) is 0 Å². The molecule has 0 aliphatic carbocycles. The molecule has 2 fully saturated rings. The molecule has 2 aliphatic rings. The lowest BCUT2D eigenvalue weighted by molar-refractivity contribution is -0.137. The highest BCUT2D eigenvalue weighted by atomic mass is 32.2. The molecule has 0 radical (unpaired) electrons. The minimum atomic E-state index is -3.47. The van der Waals surface area contributed by atoms with Crippen molar-refractivity contribution in [1.82, 2.24) is 14.5 Å². The molecule has 1 aromatic carbocycles. The van der Waals surface area contributed by atoms with Crippen LogP contribution in [0, 0.1) is 0 Å². The van der Waals surface area contributed by atoms with Crippen molar-refractivity contribution in [2.45, 2.75) is 56.0 Å². The Bertz CT molecular complexity index is 694. The zero-order chi connectivity index (χ0) is 18.6. The van der Waals surface area contributed by atoms with E-state index in [1.165, 1.54) is 6.42 Å². The van der Waals surface area contributed by atoms with Crippen molar-refractivity contribution >= 4 is 15.9 Å². The van der Waals surface area contributed by atoms with Gasteiger partial charge in [0.05, 0.1) is 10.9 Å². The first-order valence-electron chi connectivity index (χ1n) is 9.57. The van der Waals surface area contributed by atoms with Crippen LogP contribution < -0.4 is 4.72 Å². The monoisotopic (exact) mass is 379 g/mol. The second-order valence-corrected chi connectivity index (χ2v) is 9.02. The van der Waals surface area contributed by atoms with Crippen molar-refractivity contribution in [2.75, 3.05) is 26.2 Å². The lowest BCUT2D eigenvalue weighted by Crippen LogP contribution is -2.53. The van der Waals surface area contributed by atoms with Gasteiger partial charge in [0.25, 0.3) is 0 Å². The number of hydrogen-bond donors (Lipinski definition) is 1. The zero-order valence-electron chi connectivity index (χ0n) is 15.4. The van der Waals surface area contributed by atoms with E-state index >= 15 is 0 Å². The van der Waals surface area contributed by atoms with Crippen molar-refractivity contribution in [3.63, 3.8) is 0 Å². The predicted octanol–water partition coefficient (Wildman–Crippen LogP) is 1.83. The Morgan fingerprint density at radius 1 is 1.04 bits per heavy atom. The molecule has 2 saturated heterocycles. The number of nitrogens with zero attached hydrogens (tertiary/aromatic N) is 2. The highest BCUT2D eigenvalue weighted by Crippen LogP contribution is 2.19. The Hall–Kier alpha value is -1.44. The van der Waals surface area contributed by atoms with Gasteiger partial charge in [0.2, 0.25) is 15.9 Å². The first-order chi connectivity index (χ1) is 12.5. The van der Waals surface area contributed by atoms with E-state index in [4.69, 9.17) is 0 Å². The van der Waals surface area contributed by atoms with Gasteiger partial charge in [-0.05, 0) is 51.2 Å². The summed E-state index contributed by atoms with van der Waals surface area (Å²) in [5.41, 5.74) is 0. The molecule has 2 aliphatic heterocycles. The summed E-state index contributed by atoms with van der Waals surface area (Å²) in [5, 5.41) is 0. The fourth-order valence-electron chi connectivity index (χ4n) is 3.83. The average Bonchev–Trinajstić information content (AvgIpc) is 2.68. The maximum atomic E-state index is 12.7. The highest BCUT2D eigenvalue weighted by Gasteiger charge is 2.31. The number of nitrogens with one attached hydrogen (secondary N) is 1. The molecule has 0 saturated carbocycles. The lowest BCUT2D eigenvalue weighted by atomic mass is 10.0. The van der Waals surface area contributed by atoms with E-state index < -0.39 is 10.0 Å². The van der Waals surface area contributed by atoms with Crippen LogP contribution in [0.15, 0.2) is 35.2 Å². The van der Waals surface area contributed by atoms with Gasteiger partial charge in [-0.2, -0.15) is 0 Å². The van der Waals surface area contributed by atoms with Crippen LogP contribution in [0.1, 0.15) is 39.0 Å². The van der Waals surface area contributed by atoms with Crippen molar-refractivity contribution in [1.29, 1.82) is 0 Å². The Kier molecular flexibility index (Phi) is 6.32. The Morgan fingerprint density at radius 2 is 1.65 bits per heavy atom. The molecule has 0 aromatic heterocycles. The molecule has 1 N–H and O–H groups in total. The predicted molar refractivity (Wildman–Crippen MR) is 101 cm³/mol. The van der Waals surface area contributed by atoms with Gasteiger partial charge in [0.1, 0.15) is 0 Å². The second kappa shape index (κ2) is 8.50. The van der Waals surface area contributed by atoms with Gasteiger partial charge in [-0.15, -0.1) is 0 Å². The van der Waals surface area contributed by atoms with Gasteiger partial charge in [-0.25, -0.2) is 13.1 Å². The van der Waals surface area contributed by atoms with Gasteiger partial charge in [-0.1, -0.05) is 18.2 Å². The van der Waals surface area contributed by atoms with Gasteiger partial charge < -0.3 is 4.90 Å². The summed E-state index contributed by atoms with van der Waals surface area (Å²) >= 11 is 0. The molecule has 1 amide bonds. The number of piperidine rings is 2. The zero-order valence-corrected chi connectivity index (χ0v) is 16.2. The molecule has 1 atom stereocenters. The molecule has 2 heterocycles. The lowest BCUT2D eigenvalue weighted by Gasteiger charge is -2.38. The fourth-order valence-corrected chi connectivity index (χ4v) is 5.15. The van der Waals surface area contributed by atoms with Crippen molar-refractivity contribution in [3.05, 3.63) is 30.3 Å². The third-order valence-electron chi connectivity index (χ3n) is 5.48. The molecular formula is C19H29N3O3S. The number of benzene rings is 1. The first kappa shape index (κ1) is 19.3. The van der Waals surface area contributed by atoms with Gasteiger partial charge >= 0.3 is 0 Å². The number of rotatable bonds is 5. The highest BCUT2D eigenvalue weighted by molar-refractivity contribution is 7.89. The third kappa shape index (κ3) is 4.64. The van der Waals surface area contributed by atoms with Crippen LogP contribution in [0.5, 0.6) is 0 Å². The summed E-state index contributed by atoms with van der Waals surface area (Å²) in [6, 6.07) is 8.27. The molecule has 1 aromatic rings. The maximum Gasteiger partial charge on any atom is 0.240 e. The Labute approximate surface area is 156 Å². The van der Waals surface area contributed by atoms with Gasteiger partial charge in [-0.3, -0.25) is 9.69 Å². The largest absolute Gasteiger partial charge is 0.341 e. The number of carbonyl (C=O) groups is 1. The summed E-state index contributed by atoms with van der Waals surface area (Å²) in [6.45, 7) is 5.20. The molecule has 0 bridgehead atoms. The van der Waals surface area contributed by atoms with Crippen molar-refractivity contribution in [2.24, 2.45) is 0 Å². The smallest absolute Gasteiger partial charge is 0.240 e. The van der Waals surface area contributed by atoms with Crippen molar-refractivity contribution in [3.8, 4) is 0 Å². The average molecular weight is 380 g/mol. The first-order valence-corrected chi connectivity index (χ1v) is 11.1. The van der Waals surface area contributed by atoms with E-state index in [0.29, 0.717) is 4.90 Å². The standard InChI is InChI=1S/C19H29N3O3S/c1-16(19(23)22-12-6-3-7-13-22)21-14-10-17(11-15-21)20-26(24,25)18-8-4-2-5-9-18/h2,4-5,8-9,16-17,20H,3,6-7,10-15H2,1H3.